The van der Waals surface area contributed by atoms with Crippen LogP contribution in [0.3, 0.4) is 0 Å². The molecule has 3 heteroatoms. The number of aryl methyl sites for hydroxylation is 2. The summed E-state index contributed by atoms with van der Waals surface area (Å²) in [5.74, 6) is 0.833. The average molecular weight is 287 g/mol. The Bertz CT molecular complexity index is 577. The van der Waals surface area contributed by atoms with E-state index in [4.69, 9.17) is 10.5 Å². The first-order valence-electron chi connectivity index (χ1n) is 7.26. The summed E-state index contributed by atoms with van der Waals surface area (Å²) in [7, 11) is 0. The zero-order valence-corrected chi connectivity index (χ0v) is 12.6. The molecule has 0 saturated heterocycles. The Morgan fingerprint density at radius 1 is 1.10 bits per heavy atom. The van der Waals surface area contributed by atoms with Crippen molar-refractivity contribution in [3.63, 3.8) is 0 Å². The fourth-order valence-corrected chi connectivity index (χ4v) is 2.51. The number of halogens is 1. The first kappa shape index (κ1) is 15.5. The fraction of sp³-hybridized carbons (Fsp3) is 0.333. The zero-order valence-electron chi connectivity index (χ0n) is 12.6. The number of para-hydroxylation sites is 1. The maximum absolute atomic E-state index is 13.3. The van der Waals surface area contributed by atoms with Gasteiger partial charge in [-0.05, 0) is 61.6 Å². The number of nitrogens with two attached hydrogens (primary N) is 1. The van der Waals surface area contributed by atoms with Gasteiger partial charge in [-0.1, -0.05) is 30.3 Å². The minimum absolute atomic E-state index is 0.116. The predicted molar refractivity (Wildman–Crippen MR) is 84.2 cm³/mol. The molecule has 0 spiro atoms. The van der Waals surface area contributed by atoms with Gasteiger partial charge >= 0.3 is 0 Å². The van der Waals surface area contributed by atoms with Crippen LogP contribution in [-0.4, -0.2) is 13.2 Å². The van der Waals surface area contributed by atoms with E-state index < -0.39 is 0 Å². The van der Waals surface area contributed by atoms with E-state index >= 15 is 0 Å². The van der Waals surface area contributed by atoms with Crippen LogP contribution in [0, 0.1) is 19.7 Å². The molecule has 2 N–H and O–H groups in total. The molecule has 21 heavy (non-hydrogen) atoms. The van der Waals surface area contributed by atoms with Crippen LogP contribution in [0.1, 0.15) is 29.0 Å². The van der Waals surface area contributed by atoms with Gasteiger partial charge in [-0.15, -0.1) is 0 Å². The highest BCUT2D eigenvalue weighted by atomic mass is 19.1. The second kappa shape index (κ2) is 7.23. The van der Waals surface area contributed by atoms with Crippen molar-refractivity contribution in [3.8, 4) is 5.75 Å². The van der Waals surface area contributed by atoms with Gasteiger partial charge in [-0.2, -0.15) is 0 Å². The maximum Gasteiger partial charge on any atom is 0.125 e. The molecule has 0 fully saturated rings. The van der Waals surface area contributed by atoms with Crippen LogP contribution in [0.4, 0.5) is 4.39 Å². The van der Waals surface area contributed by atoms with E-state index in [2.05, 4.69) is 0 Å². The molecule has 0 aromatic heterocycles. The van der Waals surface area contributed by atoms with Crippen molar-refractivity contribution in [2.24, 2.45) is 5.73 Å². The van der Waals surface area contributed by atoms with Crippen LogP contribution in [-0.2, 0) is 0 Å². The molecule has 0 aliphatic rings. The number of hydrogen-bond donors (Lipinski definition) is 1. The zero-order chi connectivity index (χ0) is 15.2. The van der Waals surface area contributed by atoms with Gasteiger partial charge in [0, 0.05) is 0 Å². The Labute approximate surface area is 125 Å². The highest BCUT2D eigenvalue weighted by Crippen LogP contribution is 2.24. The molecular formula is C18H22FNO. The van der Waals surface area contributed by atoms with Crippen molar-refractivity contribution in [3.05, 3.63) is 65.0 Å². The van der Waals surface area contributed by atoms with Gasteiger partial charge in [0.2, 0.25) is 0 Å². The maximum atomic E-state index is 13.3. The van der Waals surface area contributed by atoms with Crippen LogP contribution < -0.4 is 10.5 Å². The van der Waals surface area contributed by atoms with Gasteiger partial charge in [0.1, 0.15) is 11.6 Å². The van der Waals surface area contributed by atoms with Crippen molar-refractivity contribution in [2.45, 2.75) is 26.2 Å². The van der Waals surface area contributed by atoms with E-state index in [0.717, 1.165) is 28.9 Å². The molecule has 2 aromatic carbocycles. The highest BCUT2D eigenvalue weighted by molar-refractivity contribution is 5.39. The third-order valence-electron chi connectivity index (χ3n) is 3.73. The van der Waals surface area contributed by atoms with E-state index in [1.54, 1.807) is 12.1 Å². The Morgan fingerprint density at radius 2 is 1.76 bits per heavy atom. The van der Waals surface area contributed by atoms with Crippen molar-refractivity contribution in [2.75, 3.05) is 13.2 Å². The minimum atomic E-state index is -0.221. The quantitative estimate of drug-likeness (QED) is 0.873. The van der Waals surface area contributed by atoms with Gasteiger partial charge in [-0.3, -0.25) is 0 Å². The Morgan fingerprint density at radius 3 is 2.38 bits per heavy atom. The molecule has 0 radical (unpaired) electrons. The van der Waals surface area contributed by atoms with Crippen LogP contribution in [0.2, 0.25) is 0 Å². The molecule has 2 nitrogen and oxygen atoms in total. The summed E-state index contributed by atoms with van der Waals surface area (Å²) < 4.78 is 19.2. The topological polar surface area (TPSA) is 35.2 Å². The molecule has 1 atom stereocenters. The molecule has 112 valence electrons. The van der Waals surface area contributed by atoms with E-state index in [9.17, 15) is 4.39 Å². The van der Waals surface area contributed by atoms with Crippen molar-refractivity contribution in [1.82, 2.24) is 0 Å². The Hall–Kier alpha value is -1.87. The number of hydrogen-bond acceptors (Lipinski definition) is 2. The third kappa shape index (κ3) is 4.05. The summed E-state index contributed by atoms with van der Waals surface area (Å²) in [5.41, 5.74) is 9.01. The van der Waals surface area contributed by atoms with E-state index in [1.807, 2.05) is 38.1 Å². The molecule has 0 saturated carbocycles. The highest BCUT2D eigenvalue weighted by Gasteiger charge is 2.11. The molecule has 0 amide bonds. The van der Waals surface area contributed by atoms with E-state index in [0.29, 0.717) is 13.2 Å². The van der Waals surface area contributed by atoms with Crippen LogP contribution >= 0.6 is 0 Å². The average Bonchev–Trinajstić information content (AvgIpc) is 2.46. The third-order valence-corrected chi connectivity index (χ3v) is 3.73. The molecule has 0 bridgehead atoms. The van der Waals surface area contributed by atoms with Gasteiger partial charge < -0.3 is 10.5 Å². The van der Waals surface area contributed by atoms with Crippen LogP contribution in [0.5, 0.6) is 5.75 Å². The normalized spacial score (nSPS) is 12.2. The lowest BCUT2D eigenvalue weighted by Gasteiger charge is -2.17. The van der Waals surface area contributed by atoms with E-state index in [-0.39, 0.29) is 11.7 Å². The van der Waals surface area contributed by atoms with Crippen LogP contribution in [0.25, 0.3) is 0 Å². The Kier molecular flexibility index (Phi) is 5.34. The standard InChI is InChI=1S/C18H22FNO/c1-13-5-3-6-14(2)18(13)21-10-9-16(12-20)15-7-4-8-17(19)11-15/h3-8,11,16H,9-10,12,20H2,1-2H3. The molecule has 0 aliphatic carbocycles. The minimum Gasteiger partial charge on any atom is -0.493 e. The first-order valence-corrected chi connectivity index (χ1v) is 7.26. The smallest absolute Gasteiger partial charge is 0.125 e. The van der Waals surface area contributed by atoms with Crippen molar-refractivity contribution in [1.29, 1.82) is 0 Å². The Balaban J connectivity index is 1.98. The van der Waals surface area contributed by atoms with Gasteiger partial charge in [0.05, 0.1) is 6.61 Å². The molecule has 1 unspecified atom stereocenters. The largest absolute Gasteiger partial charge is 0.493 e. The lowest BCUT2D eigenvalue weighted by atomic mass is 9.96. The lowest BCUT2D eigenvalue weighted by Crippen LogP contribution is -2.16. The molecule has 2 rings (SSSR count). The molecular weight excluding hydrogens is 265 g/mol. The van der Waals surface area contributed by atoms with Gasteiger partial charge in [0.25, 0.3) is 0 Å². The second-order valence-electron chi connectivity index (χ2n) is 5.35. The van der Waals surface area contributed by atoms with Crippen molar-refractivity contribution < 1.29 is 9.13 Å². The van der Waals surface area contributed by atoms with Gasteiger partial charge in [0.15, 0.2) is 0 Å². The van der Waals surface area contributed by atoms with E-state index in [1.165, 1.54) is 6.07 Å². The summed E-state index contributed by atoms with van der Waals surface area (Å²) in [6, 6.07) is 12.7. The second-order valence-corrected chi connectivity index (χ2v) is 5.35. The van der Waals surface area contributed by atoms with Crippen LogP contribution in [0.15, 0.2) is 42.5 Å². The summed E-state index contributed by atoms with van der Waals surface area (Å²) in [6.45, 7) is 5.13. The summed E-state index contributed by atoms with van der Waals surface area (Å²) in [6.07, 6.45) is 0.772. The molecule has 0 heterocycles. The van der Waals surface area contributed by atoms with Crippen molar-refractivity contribution >= 4 is 0 Å². The summed E-state index contributed by atoms with van der Waals surface area (Å²) in [5, 5.41) is 0. The number of ether oxygens (including phenoxy) is 1. The fourth-order valence-electron chi connectivity index (χ4n) is 2.51. The molecule has 2 aromatic rings. The first-order chi connectivity index (χ1) is 10.1. The number of rotatable bonds is 6. The SMILES string of the molecule is Cc1cccc(C)c1OCCC(CN)c1cccc(F)c1. The predicted octanol–water partition coefficient (Wildman–Crippen LogP) is 3.95. The monoisotopic (exact) mass is 287 g/mol. The summed E-state index contributed by atoms with van der Waals surface area (Å²) in [4.78, 5) is 0. The lowest BCUT2D eigenvalue weighted by molar-refractivity contribution is 0.294. The number of benzene rings is 2. The molecule has 0 aliphatic heterocycles. The van der Waals surface area contributed by atoms with Gasteiger partial charge in [-0.25, -0.2) is 4.39 Å². The summed E-state index contributed by atoms with van der Waals surface area (Å²) >= 11 is 0.